The van der Waals surface area contributed by atoms with Crippen LogP contribution in [0.25, 0.3) is 11.3 Å². The Morgan fingerprint density at radius 3 is 2.74 bits per heavy atom. The van der Waals surface area contributed by atoms with Crippen molar-refractivity contribution in [2.24, 2.45) is 5.73 Å². The van der Waals surface area contributed by atoms with E-state index in [-0.39, 0.29) is 29.9 Å². The number of likely N-dealkylation sites (N-methyl/N-ethyl adjacent to an activating group) is 1. The maximum Gasteiger partial charge on any atom is 0.389 e. The van der Waals surface area contributed by atoms with Gasteiger partial charge in [0.05, 0.1) is 5.69 Å². The highest BCUT2D eigenvalue weighted by Gasteiger charge is 2.42. The molecule has 1 atom stereocenters. The highest BCUT2D eigenvalue weighted by molar-refractivity contribution is 5.90. The third kappa shape index (κ3) is 5.19. The summed E-state index contributed by atoms with van der Waals surface area (Å²) in [7, 11) is 1.57. The van der Waals surface area contributed by atoms with Crippen LogP contribution in [0.2, 0.25) is 0 Å². The molecule has 1 aromatic carbocycles. The largest absolute Gasteiger partial charge is 0.389 e. The topological polar surface area (TPSA) is 109 Å². The second kappa shape index (κ2) is 8.35. The standard InChI is InChI=1S/C21H19F3N4O3/c1-28-10-9-20(31,19(28)30)7-5-13-3-2-4-14(11-13)16-15(6-8-21(22,23)24)12-26-18(27-16)17(25)29/h2-4,11-12,31H,6,8-10H2,1H3,(H2,25,29)/t20-/m1/s1. The number of primary amides is 1. The van der Waals surface area contributed by atoms with Crippen molar-refractivity contribution in [1.82, 2.24) is 14.9 Å². The van der Waals surface area contributed by atoms with Gasteiger partial charge in [0.15, 0.2) is 0 Å². The lowest BCUT2D eigenvalue weighted by Gasteiger charge is -2.13. The quantitative estimate of drug-likeness (QED) is 0.715. The van der Waals surface area contributed by atoms with E-state index in [1.165, 1.54) is 4.90 Å². The number of carbonyl (C=O) groups excluding carboxylic acids is 2. The van der Waals surface area contributed by atoms with Crippen molar-refractivity contribution in [3.05, 3.63) is 47.4 Å². The lowest BCUT2D eigenvalue weighted by molar-refractivity contribution is -0.137. The fraction of sp³-hybridized carbons (Fsp3) is 0.333. The molecule has 2 aromatic rings. The number of hydrogen-bond donors (Lipinski definition) is 2. The summed E-state index contributed by atoms with van der Waals surface area (Å²) in [6.07, 6.45) is -4.51. The van der Waals surface area contributed by atoms with Gasteiger partial charge in [-0.2, -0.15) is 13.2 Å². The van der Waals surface area contributed by atoms with Crippen molar-refractivity contribution < 1.29 is 27.9 Å². The molecule has 3 N–H and O–H groups in total. The molecular formula is C21H19F3N4O3. The van der Waals surface area contributed by atoms with E-state index in [2.05, 4.69) is 21.8 Å². The third-order valence-electron chi connectivity index (χ3n) is 4.82. The van der Waals surface area contributed by atoms with E-state index in [9.17, 15) is 27.9 Å². The molecule has 1 aromatic heterocycles. The third-order valence-corrected chi connectivity index (χ3v) is 4.82. The Labute approximate surface area is 176 Å². The molecule has 0 aliphatic carbocycles. The number of benzene rings is 1. The molecule has 1 saturated heterocycles. The minimum Gasteiger partial charge on any atom is -0.369 e. The first kappa shape index (κ1) is 22.2. The van der Waals surface area contributed by atoms with Gasteiger partial charge in [0.2, 0.25) is 11.4 Å². The molecule has 0 spiro atoms. The SMILES string of the molecule is CN1CC[C@](O)(C#Cc2cccc(-c3nc(C(N)=O)ncc3CCC(F)(F)F)c2)C1=O. The Morgan fingerprint density at radius 1 is 1.39 bits per heavy atom. The highest BCUT2D eigenvalue weighted by Crippen LogP contribution is 2.28. The summed E-state index contributed by atoms with van der Waals surface area (Å²) < 4.78 is 38.1. The van der Waals surface area contributed by atoms with Gasteiger partial charge in [-0.15, -0.1) is 0 Å². The number of carbonyl (C=O) groups is 2. The molecule has 1 aliphatic rings. The monoisotopic (exact) mass is 432 g/mol. The van der Waals surface area contributed by atoms with E-state index >= 15 is 0 Å². The number of aryl methyl sites for hydroxylation is 1. The van der Waals surface area contributed by atoms with Gasteiger partial charge >= 0.3 is 6.18 Å². The second-order valence-electron chi connectivity index (χ2n) is 7.21. The van der Waals surface area contributed by atoms with Crippen LogP contribution in [0.15, 0.2) is 30.5 Å². The summed E-state index contributed by atoms with van der Waals surface area (Å²) in [6, 6.07) is 6.36. The molecule has 1 fully saturated rings. The summed E-state index contributed by atoms with van der Waals surface area (Å²) in [5.41, 5.74) is 4.56. The number of amides is 2. The first-order chi connectivity index (χ1) is 14.5. The second-order valence-corrected chi connectivity index (χ2v) is 7.21. The van der Waals surface area contributed by atoms with Crippen LogP contribution in [0.4, 0.5) is 13.2 Å². The van der Waals surface area contributed by atoms with Crippen molar-refractivity contribution in [2.75, 3.05) is 13.6 Å². The molecule has 0 bridgehead atoms. The van der Waals surface area contributed by atoms with Gasteiger partial charge in [-0.25, -0.2) is 9.97 Å². The highest BCUT2D eigenvalue weighted by atomic mass is 19.4. The summed E-state index contributed by atoms with van der Waals surface area (Å²) in [6.45, 7) is 0.378. The fourth-order valence-corrected chi connectivity index (χ4v) is 3.12. The molecule has 7 nitrogen and oxygen atoms in total. The van der Waals surface area contributed by atoms with Crippen LogP contribution in [0.1, 0.15) is 34.6 Å². The van der Waals surface area contributed by atoms with Crippen molar-refractivity contribution in [1.29, 1.82) is 0 Å². The van der Waals surface area contributed by atoms with Crippen LogP contribution in [0, 0.1) is 11.8 Å². The number of nitrogens with two attached hydrogens (primary N) is 1. The van der Waals surface area contributed by atoms with Crippen molar-refractivity contribution in [3.8, 4) is 23.1 Å². The Bertz CT molecular complexity index is 1090. The molecule has 0 unspecified atom stereocenters. The molecule has 162 valence electrons. The van der Waals surface area contributed by atoms with Gasteiger partial charge in [0, 0.05) is 43.8 Å². The molecule has 31 heavy (non-hydrogen) atoms. The number of likely N-dealkylation sites (tertiary alicyclic amines) is 1. The average molecular weight is 432 g/mol. The minimum atomic E-state index is -4.37. The summed E-state index contributed by atoms with van der Waals surface area (Å²) in [4.78, 5) is 32.7. The van der Waals surface area contributed by atoms with Gasteiger partial charge in [0.25, 0.3) is 11.8 Å². The van der Waals surface area contributed by atoms with E-state index in [0.29, 0.717) is 17.7 Å². The van der Waals surface area contributed by atoms with Crippen molar-refractivity contribution >= 4 is 11.8 Å². The molecule has 0 radical (unpaired) electrons. The Morgan fingerprint density at radius 2 is 2.13 bits per heavy atom. The van der Waals surface area contributed by atoms with E-state index in [4.69, 9.17) is 5.73 Å². The van der Waals surface area contributed by atoms with Crippen LogP contribution in [-0.4, -0.2) is 57.2 Å². The van der Waals surface area contributed by atoms with Crippen molar-refractivity contribution in [3.63, 3.8) is 0 Å². The number of alkyl halides is 3. The summed E-state index contributed by atoms with van der Waals surface area (Å²) >= 11 is 0. The van der Waals surface area contributed by atoms with Gasteiger partial charge in [-0.05, 0) is 24.1 Å². The van der Waals surface area contributed by atoms with Crippen LogP contribution in [0.5, 0.6) is 0 Å². The molecule has 3 rings (SSSR count). The van der Waals surface area contributed by atoms with E-state index < -0.39 is 30.0 Å². The molecule has 1 aliphatic heterocycles. The predicted molar refractivity (Wildman–Crippen MR) is 104 cm³/mol. The maximum atomic E-state index is 12.7. The Balaban J connectivity index is 1.98. The molecule has 2 heterocycles. The van der Waals surface area contributed by atoms with Crippen LogP contribution >= 0.6 is 0 Å². The van der Waals surface area contributed by atoms with E-state index in [1.54, 1.807) is 31.3 Å². The minimum absolute atomic E-state index is 0.132. The Hall–Kier alpha value is -3.45. The lowest BCUT2D eigenvalue weighted by Crippen LogP contribution is -2.37. The van der Waals surface area contributed by atoms with E-state index in [0.717, 1.165) is 6.20 Å². The predicted octanol–water partition coefficient (Wildman–Crippen LogP) is 1.68. The van der Waals surface area contributed by atoms with Crippen LogP contribution < -0.4 is 5.73 Å². The van der Waals surface area contributed by atoms with Crippen molar-refractivity contribution in [2.45, 2.75) is 31.0 Å². The maximum absolute atomic E-state index is 12.7. The zero-order valence-electron chi connectivity index (χ0n) is 16.5. The van der Waals surface area contributed by atoms with Crippen LogP contribution in [0.3, 0.4) is 0 Å². The molecular weight excluding hydrogens is 413 g/mol. The number of hydrogen-bond acceptors (Lipinski definition) is 5. The van der Waals surface area contributed by atoms with Gasteiger partial charge < -0.3 is 15.7 Å². The normalized spacial score (nSPS) is 18.6. The van der Waals surface area contributed by atoms with Gasteiger partial charge in [-0.3, -0.25) is 9.59 Å². The zero-order chi connectivity index (χ0) is 22.8. The first-order valence-electron chi connectivity index (χ1n) is 9.32. The van der Waals surface area contributed by atoms with Gasteiger partial charge in [0.1, 0.15) is 0 Å². The fourth-order valence-electron chi connectivity index (χ4n) is 3.12. The summed E-state index contributed by atoms with van der Waals surface area (Å²) in [5, 5.41) is 10.4. The van der Waals surface area contributed by atoms with Crippen LogP contribution in [-0.2, 0) is 11.2 Å². The smallest absolute Gasteiger partial charge is 0.369 e. The zero-order valence-corrected chi connectivity index (χ0v) is 16.5. The molecule has 2 amide bonds. The molecule has 10 heteroatoms. The lowest BCUT2D eigenvalue weighted by atomic mass is 10.00. The number of aromatic nitrogens is 2. The first-order valence-corrected chi connectivity index (χ1v) is 9.32. The number of aliphatic hydroxyl groups is 1. The summed E-state index contributed by atoms with van der Waals surface area (Å²) in [5.74, 6) is 3.59. The molecule has 0 saturated carbocycles. The average Bonchev–Trinajstić information content (AvgIpc) is 2.98. The number of halogens is 3. The Kier molecular flexibility index (Phi) is 5.99. The number of rotatable bonds is 4. The van der Waals surface area contributed by atoms with E-state index in [1.807, 2.05) is 0 Å². The van der Waals surface area contributed by atoms with Gasteiger partial charge in [-0.1, -0.05) is 24.0 Å². The number of nitrogens with zero attached hydrogens (tertiary/aromatic N) is 3.